The molecule has 2 rings (SSSR count). The van der Waals surface area contributed by atoms with Gasteiger partial charge in [-0.2, -0.15) is 0 Å². The highest BCUT2D eigenvalue weighted by Gasteiger charge is 2.13. The summed E-state index contributed by atoms with van der Waals surface area (Å²) in [5, 5.41) is 0. The second-order valence-corrected chi connectivity index (χ2v) is 6.65. The summed E-state index contributed by atoms with van der Waals surface area (Å²) >= 11 is 5.49. The number of ether oxygens (including phenoxy) is 1. The standard InChI is InChI=1S/C14H19BrOS/c1-16-13-7-12(15)8-14(9-13)17-10-11-5-3-2-4-6-11/h7-9,11H,2-6,10H2,1H3. The lowest BCUT2D eigenvalue weighted by Crippen LogP contribution is -2.08. The maximum Gasteiger partial charge on any atom is 0.121 e. The molecule has 1 aromatic carbocycles. The van der Waals surface area contributed by atoms with Gasteiger partial charge in [-0.3, -0.25) is 0 Å². The van der Waals surface area contributed by atoms with E-state index in [4.69, 9.17) is 4.74 Å². The molecule has 0 spiro atoms. The van der Waals surface area contributed by atoms with Crippen LogP contribution < -0.4 is 4.74 Å². The smallest absolute Gasteiger partial charge is 0.121 e. The number of thioether (sulfide) groups is 1. The lowest BCUT2D eigenvalue weighted by atomic mass is 9.91. The monoisotopic (exact) mass is 314 g/mol. The van der Waals surface area contributed by atoms with Gasteiger partial charge in [0.15, 0.2) is 0 Å². The number of rotatable bonds is 4. The van der Waals surface area contributed by atoms with E-state index < -0.39 is 0 Å². The molecule has 3 heteroatoms. The largest absolute Gasteiger partial charge is 0.497 e. The second kappa shape index (κ2) is 6.69. The second-order valence-electron chi connectivity index (χ2n) is 4.64. The Hall–Kier alpha value is -0.150. The van der Waals surface area contributed by atoms with E-state index in [9.17, 15) is 0 Å². The Bertz CT molecular complexity index is 361. The van der Waals surface area contributed by atoms with Gasteiger partial charge in [0.25, 0.3) is 0 Å². The molecule has 0 bridgehead atoms. The molecule has 17 heavy (non-hydrogen) atoms. The van der Waals surface area contributed by atoms with Gasteiger partial charge in [0, 0.05) is 15.1 Å². The molecule has 0 unspecified atom stereocenters. The van der Waals surface area contributed by atoms with Gasteiger partial charge in [-0.15, -0.1) is 11.8 Å². The number of halogens is 1. The highest BCUT2D eigenvalue weighted by Crippen LogP contribution is 2.33. The molecule has 0 heterocycles. The Morgan fingerprint density at radius 2 is 2.00 bits per heavy atom. The van der Waals surface area contributed by atoms with Gasteiger partial charge in [-0.1, -0.05) is 35.2 Å². The van der Waals surface area contributed by atoms with E-state index in [2.05, 4.69) is 28.1 Å². The van der Waals surface area contributed by atoms with E-state index in [1.165, 1.54) is 42.8 Å². The van der Waals surface area contributed by atoms with Crippen LogP contribution in [0.1, 0.15) is 32.1 Å². The molecule has 94 valence electrons. The van der Waals surface area contributed by atoms with Crippen LogP contribution in [-0.4, -0.2) is 12.9 Å². The third-order valence-corrected chi connectivity index (χ3v) is 4.96. The van der Waals surface area contributed by atoms with Crippen molar-refractivity contribution >= 4 is 27.7 Å². The molecule has 1 aromatic rings. The van der Waals surface area contributed by atoms with Crippen molar-refractivity contribution in [3.8, 4) is 5.75 Å². The minimum absolute atomic E-state index is 0.915. The van der Waals surface area contributed by atoms with E-state index in [1.54, 1.807) is 7.11 Å². The predicted molar refractivity (Wildman–Crippen MR) is 78.0 cm³/mol. The highest BCUT2D eigenvalue weighted by atomic mass is 79.9. The van der Waals surface area contributed by atoms with Gasteiger partial charge in [-0.05, 0) is 37.0 Å². The first kappa shape index (κ1) is 13.3. The fourth-order valence-electron chi connectivity index (χ4n) is 2.31. The minimum Gasteiger partial charge on any atom is -0.497 e. The lowest BCUT2D eigenvalue weighted by molar-refractivity contribution is 0.391. The Morgan fingerprint density at radius 1 is 1.24 bits per heavy atom. The van der Waals surface area contributed by atoms with Gasteiger partial charge >= 0.3 is 0 Å². The van der Waals surface area contributed by atoms with Crippen LogP contribution >= 0.6 is 27.7 Å². The van der Waals surface area contributed by atoms with Crippen molar-refractivity contribution in [2.75, 3.05) is 12.9 Å². The number of methoxy groups -OCH3 is 1. The van der Waals surface area contributed by atoms with Crippen LogP contribution in [0.25, 0.3) is 0 Å². The molecule has 0 N–H and O–H groups in total. The highest BCUT2D eigenvalue weighted by molar-refractivity contribution is 9.10. The molecule has 1 saturated carbocycles. The zero-order valence-corrected chi connectivity index (χ0v) is 12.6. The van der Waals surface area contributed by atoms with E-state index >= 15 is 0 Å². The Labute approximate surface area is 116 Å². The fourth-order valence-corrected chi connectivity index (χ4v) is 4.10. The minimum atomic E-state index is 0.915. The number of hydrogen-bond donors (Lipinski definition) is 0. The van der Waals surface area contributed by atoms with Gasteiger partial charge < -0.3 is 4.74 Å². The van der Waals surface area contributed by atoms with Gasteiger partial charge in [-0.25, -0.2) is 0 Å². The molecule has 1 nitrogen and oxygen atoms in total. The summed E-state index contributed by atoms with van der Waals surface area (Å²) in [6, 6.07) is 6.30. The molecule has 0 saturated heterocycles. The maximum atomic E-state index is 5.28. The molecule has 0 atom stereocenters. The summed E-state index contributed by atoms with van der Waals surface area (Å²) in [6.07, 6.45) is 7.11. The molecule has 0 aromatic heterocycles. The van der Waals surface area contributed by atoms with Gasteiger partial charge in [0.1, 0.15) is 5.75 Å². The van der Waals surface area contributed by atoms with Crippen LogP contribution in [0.4, 0.5) is 0 Å². The molecular weight excluding hydrogens is 296 g/mol. The van der Waals surface area contributed by atoms with Crippen molar-refractivity contribution in [2.24, 2.45) is 5.92 Å². The van der Waals surface area contributed by atoms with Crippen LogP contribution in [0, 0.1) is 5.92 Å². The van der Waals surface area contributed by atoms with Crippen LogP contribution in [-0.2, 0) is 0 Å². The first-order valence-corrected chi connectivity index (χ1v) is 8.03. The number of hydrogen-bond acceptors (Lipinski definition) is 2. The predicted octanol–water partition coefficient (Wildman–Crippen LogP) is 5.13. The van der Waals surface area contributed by atoms with E-state index in [0.717, 1.165) is 16.1 Å². The van der Waals surface area contributed by atoms with E-state index in [0.29, 0.717) is 0 Å². The summed E-state index contributed by atoms with van der Waals surface area (Å²) in [5.74, 6) is 3.10. The molecule has 0 amide bonds. The molecular formula is C14H19BrOS. The van der Waals surface area contributed by atoms with Crippen molar-refractivity contribution in [1.29, 1.82) is 0 Å². The summed E-state index contributed by atoms with van der Waals surface area (Å²) in [5.41, 5.74) is 0. The zero-order valence-electron chi connectivity index (χ0n) is 10.2. The Balaban J connectivity index is 1.91. The van der Waals surface area contributed by atoms with Crippen molar-refractivity contribution in [3.63, 3.8) is 0 Å². The molecule has 1 aliphatic rings. The van der Waals surface area contributed by atoms with Crippen LogP contribution in [0.3, 0.4) is 0 Å². The zero-order chi connectivity index (χ0) is 12.1. The van der Waals surface area contributed by atoms with Crippen molar-refractivity contribution in [1.82, 2.24) is 0 Å². The van der Waals surface area contributed by atoms with Crippen LogP contribution in [0.15, 0.2) is 27.6 Å². The summed E-state index contributed by atoms with van der Waals surface area (Å²) in [7, 11) is 1.72. The lowest BCUT2D eigenvalue weighted by Gasteiger charge is -2.21. The van der Waals surface area contributed by atoms with Crippen molar-refractivity contribution in [3.05, 3.63) is 22.7 Å². The normalized spacial score (nSPS) is 17.1. The first-order chi connectivity index (χ1) is 8.28. The quantitative estimate of drug-likeness (QED) is 0.712. The summed E-state index contributed by atoms with van der Waals surface area (Å²) in [6.45, 7) is 0. The SMILES string of the molecule is COc1cc(Br)cc(SCC2CCCCC2)c1. The first-order valence-electron chi connectivity index (χ1n) is 6.25. The van der Waals surface area contributed by atoms with Crippen LogP contribution in [0.2, 0.25) is 0 Å². The van der Waals surface area contributed by atoms with Crippen molar-refractivity contribution < 1.29 is 4.74 Å². The molecule has 0 radical (unpaired) electrons. The average molecular weight is 315 g/mol. The fraction of sp³-hybridized carbons (Fsp3) is 0.571. The summed E-state index contributed by atoms with van der Waals surface area (Å²) < 4.78 is 6.38. The Kier molecular flexibility index (Phi) is 5.23. The number of benzene rings is 1. The summed E-state index contributed by atoms with van der Waals surface area (Å²) in [4.78, 5) is 1.31. The van der Waals surface area contributed by atoms with Crippen molar-refractivity contribution in [2.45, 2.75) is 37.0 Å². The topological polar surface area (TPSA) is 9.23 Å². The molecule has 1 aliphatic carbocycles. The van der Waals surface area contributed by atoms with E-state index in [-0.39, 0.29) is 0 Å². The maximum absolute atomic E-state index is 5.28. The average Bonchev–Trinajstić information content (AvgIpc) is 2.37. The van der Waals surface area contributed by atoms with Gasteiger partial charge in [0.2, 0.25) is 0 Å². The van der Waals surface area contributed by atoms with E-state index in [1.807, 2.05) is 17.8 Å². The molecule has 1 fully saturated rings. The molecule has 0 aliphatic heterocycles. The van der Waals surface area contributed by atoms with Crippen LogP contribution in [0.5, 0.6) is 5.75 Å². The third kappa shape index (κ3) is 4.22. The van der Waals surface area contributed by atoms with Gasteiger partial charge in [0.05, 0.1) is 7.11 Å². The third-order valence-electron chi connectivity index (χ3n) is 3.29. The Morgan fingerprint density at radius 3 is 2.71 bits per heavy atom.